The molecule has 1 rings (SSSR count). The Labute approximate surface area is 146 Å². The van der Waals surface area contributed by atoms with Crippen LogP contribution in [0.15, 0.2) is 4.99 Å². The van der Waals surface area contributed by atoms with Crippen molar-refractivity contribution >= 4 is 5.96 Å². The molecule has 0 saturated carbocycles. The van der Waals surface area contributed by atoms with Crippen molar-refractivity contribution in [2.24, 2.45) is 17.5 Å². The van der Waals surface area contributed by atoms with Crippen molar-refractivity contribution < 1.29 is 4.74 Å². The first-order valence-electron chi connectivity index (χ1n) is 8.69. The molecule has 1 unspecified atom stereocenters. The lowest BCUT2D eigenvalue weighted by molar-refractivity contribution is 0.0205. The molecule has 7 heteroatoms. The molecule has 0 spiro atoms. The minimum Gasteiger partial charge on any atom is -0.379 e. The fourth-order valence-electron chi connectivity index (χ4n) is 2.23. The molecular formula is C17H34N6O. The van der Waals surface area contributed by atoms with Gasteiger partial charge in [0, 0.05) is 27.2 Å². The second-order valence-corrected chi connectivity index (χ2v) is 7.14. The van der Waals surface area contributed by atoms with Crippen LogP contribution in [-0.4, -0.2) is 47.0 Å². The zero-order valence-corrected chi connectivity index (χ0v) is 16.3. The smallest absolute Gasteiger partial charge is 0.191 e. The molecule has 0 aliphatic heterocycles. The maximum Gasteiger partial charge on any atom is 0.191 e. The van der Waals surface area contributed by atoms with E-state index in [1.807, 2.05) is 18.5 Å². The Balaban J connectivity index is 2.71. The van der Waals surface area contributed by atoms with Crippen molar-refractivity contribution in [3.63, 3.8) is 0 Å². The average Bonchev–Trinajstić information content (AvgIpc) is 2.83. The van der Waals surface area contributed by atoms with Crippen LogP contribution in [0, 0.1) is 12.3 Å². The Morgan fingerprint density at radius 2 is 2.00 bits per heavy atom. The molecule has 0 aliphatic rings. The second-order valence-electron chi connectivity index (χ2n) is 7.14. The van der Waals surface area contributed by atoms with E-state index < -0.39 is 0 Å². The number of ether oxygens (including phenoxy) is 1. The monoisotopic (exact) mass is 338 g/mol. The zero-order valence-electron chi connectivity index (χ0n) is 16.3. The number of nitrogens with one attached hydrogen (secondary N) is 2. The number of methoxy groups -OCH3 is 1. The van der Waals surface area contributed by atoms with Crippen LogP contribution in [0.5, 0.6) is 0 Å². The van der Waals surface area contributed by atoms with Gasteiger partial charge in [-0.25, -0.2) is 4.99 Å². The van der Waals surface area contributed by atoms with Crippen molar-refractivity contribution in [2.45, 2.75) is 60.1 Å². The number of nitrogens with zero attached hydrogens (tertiary/aromatic N) is 4. The Kier molecular flexibility index (Phi) is 8.18. The van der Waals surface area contributed by atoms with Gasteiger partial charge in [-0.1, -0.05) is 34.1 Å². The normalized spacial score (nSPS) is 13.9. The molecule has 2 N–H and O–H groups in total. The molecule has 138 valence electrons. The van der Waals surface area contributed by atoms with Crippen LogP contribution in [0.1, 0.15) is 52.2 Å². The molecule has 24 heavy (non-hydrogen) atoms. The van der Waals surface area contributed by atoms with E-state index in [-0.39, 0.29) is 11.5 Å². The Hall–Kier alpha value is -1.63. The summed E-state index contributed by atoms with van der Waals surface area (Å²) in [4.78, 5) is 4.64. The third kappa shape index (κ3) is 6.47. The highest BCUT2D eigenvalue weighted by atomic mass is 16.5. The molecule has 1 atom stereocenters. The van der Waals surface area contributed by atoms with Crippen LogP contribution in [0.2, 0.25) is 0 Å². The summed E-state index contributed by atoms with van der Waals surface area (Å²) in [7, 11) is 3.71. The van der Waals surface area contributed by atoms with Gasteiger partial charge in [0.25, 0.3) is 0 Å². The molecule has 0 fully saturated rings. The van der Waals surface area contributed by atoms with E-state index in [0.29, 0.717) is 13.1 Å². The number of rotatable bonds is 8. The quantitative estimate of drug-likeness (QED) is 0.431. The minimum absolute atomic E-state index is 0.0665. The van der Waals surface area contributed by atoms with Gasteiger partial charge in [-0.3, -0.25) is 0 Å². The number of hydrogen-bond acceptors (Lipinski definition) is 4. The summed E-state index contributed by atoms with van der Waals surface area (Å²) in [6.07, 6.45) is 2.36. The number of aliphatic imine (C=N–C) groups is 1. The third-order valence-corrected chi connectivity index (χ3v) is 4.09. The molecular weight excluding hydrogens is 304 g/mol. The molecule has 0 bridgehead atoms. The first-order valence-corrected chi connectivity index (χ1v) is 8.69. The van der Waals surface area contributed by atoms with Gasteiger partial charge in [0.05, 0.1) is 6.10 Å². The minimum atomic E-state index is 0.0665. The lowest BCUT2D eigenvalue weighted by Gasteiger charge is -2.30. The van der Waals surface area contributed by atoms with E-state index in [9.17, 15) is 0 Å². The maximum absolute atomic E-state index is 5.60. The fourth-order valence-corrected chi connectivity index (χ4v) is 2.23. The number of guanidine groups is 1. The van der Waals surface area contributed by atoms with Crippen LogP contribution in [0.4, 0.5) is 0 Å². The maximum atomic E-state index is 5.60. The molecule has 0 radical (unpaired) electrons. The van der Waals surface area contributed by atoms with E-state index in [2.05, 4.69) is 53.5 Å². The summed E-state index contributed by atoms with van der Waals surface area (Å²) in [5.74, 6) is 2.53. The number of aromatic nitrogens is 3. The molecule has 7 nitrogen and oxygen atoms in total. The van der Waals surface area contributed by atoms with E-state index in [1.165, 1.54) is 0 Å². The first kappa shape index (κ1) is 20.4. The van der Waals surface area contributed by atoms with Gasteiger partial charge in [0.15, 0.2) is 11.8 Å². The fraction of sp³-hybridized carbons (Fsp3) is 0.824. The third-order valence-electron chi connectivity index (χ3n) is 4.09. The lowest BCUT2D eigenvalue weighted by Crippen LogP contribution is -2.45. The van der Waals surface area contributed by atoms with Crippen LogP contribution < -0.4 is 10.6 Å². The Morgan fingerprint density at radius 1 is 1.29 bits per heavy atom. The number of unbranched alkanes of at least 4 members (excludes halogenated alkanes) is 1. The van der Waals surface area contributed by atoms with Crippen LogP contribution >= 0.6 is 0 Å². The predicted molar refractivity (Wildman–Crippen MR) is 98.0 cm³/mol. The summed E-state index contributed by atoms with van der Waals surface area (Å²) < 4.78 is 7.56. The van der Waals surface area contributed by atoms with E-state index in [1.54, 1.807) is 7.11 Å². The standard InChI is InChI=1S/C17H34N6O/c1-8-9-10-18-16(19-11-14(24-7)17(3,4)5)20-12-15-22-21-13(2)23(15)6/h14H,8-12H2,1-7H3,(H2,18,19,20). The molecule has 0 saturated heterocycles. The van der Waals surface area contributed by atoms with Crippen LogP contribution in [0.3, 0.4) is 0 Å². The molecule has 0 amide bonds. The second kappa shape index (κ2) is 9.61. The van der Waals surface area contributed by atoms with E-state index >= 15 is 0 Å². The summed E-state index contributed by atoms with van der Waals surface area (Å²) in [6.45, 7) is 12.7. The highest BCUT2D eigenvalue weighted by Gasteiger charge is 2.24. The van der Waals surface area contributed by atoms with Gasteiger partial charge in [-0.2, -0.15) is 0 Å². The van der Waals surface area contributed by atoms with Gasteiger partial charge < -0.3 is 19.9 Å². The van der Waals surface area contributed by atoms with Gasteiger partial charge in [0.2, 0.25) is 0 Å². The highest BCUT2D eigenvalue weighted by Crippen LogP contribution is 2.20. The van der Waals surface area contributed by atoms with Crippen molar-refractivity contribution in [3.8, 4) is 0 Å². The molecule has 0 aliphatic carbocycles. The zero-order chi connectivity index (χ0) is 18.2. The molecule has 1 aromatic heterocycles. The SMILES string of the molecule is CCCCNC(=NCc1nnc(C)n1C)NCC(OC)C(C)(C)C. The van der Waals surface area contributed by atoms with Gasteiger partial charge in [-0.05, 0) is 18.8 Å². The van der Waals surface area contributed by atoms with E-state index in [4.69, 9.17) is 4.74 Å². The van der Waals surface area contributed by atoms with E-state index in [0.717, 1.165) is 37.0 Å². The van der Waals surface area contributed by atoms with Crippen molar-refractivity contribution in [3.05, 3.63) is 11.6 Å². The van der Waals surface area contributed by atoms with Crippen LogP contribution in [0.25, 0.3) is 0 Å². The predicted octanol–water partition coefficient (Wildman–Crippen LogP) is 2.02. The first-order chi connectivity index (χ1) is 11.3. The molecule has 1 heterocycles. The summed E-state index contributed by atoms with van der Waals surface area (Å²) in [6, 6.07) is 0. The summed E-state index contributed by atoms with van der Waals surface area (Å²) in [5.41, 5.74) is 0.0665. The summed E-state index contributed by atoms with van der Waals surface area (Å²) in [5, 5.41) is 15.0. The Morgan fingerprint density at radius 3 is 2.50 bits per heavy atom. The largest absolute Gasteiger partial charge is 0.379 e. The molecule has 0 aromatic carbocycles. The molecule has 1 aromatic rings. The lowest BCUT2D eigenvalue weighted by atomic mass is 9.89. The van der Waals surface area contributed by atoms with Crippen molar-refractivity contribution in [1.29, 1.82) is 0 Å². The highest BCUT2D eigenvalue weighted by molar-refractivity contribution is 5.79. The van der Waals surface area contributed by atoms with Crippen molar-refractivity contribution in [2.75, 3.05) is 20.2 Å². The van der Waals surface area contributed by atoms with Crippen molar-refractivity contribution in [1.82, 2.24) is 25.4 Å². The van der Waals surface area contributed by atoms with Gasteiger partial charge in [0.1, 0.15) is 12.4 Å². The average molecular weight is 339 g/mol. The number of aryl methyl sites for hydroxylation is 1. The summed E-state index contributed by atoms with van der Waals surface area (Å²) >= 11 is 0. The Bertz CT molecular complexity index is 518. The van der Waals surface area contributed by atoms with Crippen LogP contribution in [-0.2, 0) is 18.3 Å². The van der Waals surface area contributed by atoms with Gasteiger partial charge >= 0.3 is 0 Å². The number of hydrogen-bond donors (Lipinski definition) is 2. The topological polar surface area (TPSA) is 76.4 Å². The van der Waals surface area contributed by atoms with Gasteiger partial charge in [-0.15, -0.1) is 10.2 Å².